The second-order valence-corrected chi connectivity index (χ2v) is 8.26. The summed E-state index contributed by atoms with van der Waals surface area (Å²) in [5.74, 6) is -1.55. The fourth-order valence-electron chi connectivity index (χ4n) is 2.62. The molecule has 2 aromatic rings. The Labute approximate surface area is 154 Å². The third kappa shape index (κ3) is 3.31. The minimum absolute atomic E-state index is 0.0726. The Hall–Kier alpha value is -2.42. The number of sulfone groups is 1. The number of hydrogen-bond acceptors (Lipinski definition) is 6. The highest BCUT2D eigenvalue weighted by molar-refractivity contribution is 7.92. The first-order valence-electron chi connectivity index (χ1n) is 7.52. The number of hydrogen-bond donors (Lipinski definition) is 2. The van der Waals surface area contributed by atoms with Gasteiger partial charge in [0.2, 0.25) is 9.84 Å². The number of rotatable bonds is 5. The first-order valence-corrected chi connectivity index (χ1v) is 9.44. The van der Waals surface area contributed by atoms with E-state index in [9.17, 15) is 18.0 Å². The monoisotopic (exact) mass is 395 g/mol. The largest absolute Gasteiger partial charge is 0.478 e. The molecule has 0 saturated heterocycles. The number of carboxylic acid groups (broad SMARTS) is 1. The molecule has 0 aliphatic carbocycles. The molecule has 1 aliphatic heterocycles. The Kier molecular flexibility index (Phi) is 4.74. The molecule has 7 nitrogen and oxygen atoms in total. The maximum absolute atomic E-state index is 12.6. The van der Waals surface area contributed by atoms with E-state index in [1.165, 1.54) is 42.5 Å². The summed E-state index contributed by atoms with van der Waals surface area (Å²) in [7, 11) is -4.10. The van der Waals surface area contributed by atoms with Gasteiger partial charge in [0.15, 0.2) is 17.3 Å². The van der Waals surface area contributed by atoms with Crippen molar-refractivity contribution in [2.45, 2.75) is 22.8 Å². The van der Waals surface area contributed by atoms with E-state index in [4.69, 9.17) is 27.2 Å². The minimum Gasteiger partial charge on any atom is -0.478 e. The third-order valence-corrected chi connectivity index (χ3v) is 6.09. The molecule has 0 spiro atoms. The SMILES string of the molecule is NC(C(=O)c1ccc2c(c1)CC(C(=O)O)O2)S(=O)(=O)c1ccc(Cl)cc1. The number of halogens is 1. The average Bonchev–Trinajstić information content (AvgIpc) is 3.04. The number of fused-ring (bicyclic) bond motifs is 1. The van der Waals surface area contributed by atoms with Gasteiger partial charge in [-0.1, -0.05) is 11.6 Å². The lowest BCUT2D eigenvalue weighted by molar-refractivity contribution is -0.144. The van der Waals surface area contributed by atoms with Gasteiger partial charge in [0.25, 0.3) is 0 Å². The van der Waals surface area contributed by atoms with E-state index in [2.05, 4.69) is 0 Å². The van der Waals surface area contributed by atoms with Crippen LogP contribution >= 0.6 is 11.6 Å². The number of carbonyl (C=O) groups excluding carboxylic acids is 1. The smallest absolute Gasteiger partial charge is 0.345 e. The van der Waals surface area contributed by atoms with Crippen molar-refractivity contribution >= 4 is 33.2 Å². The van der Waals surface area contributed by atoms with Crippen LogP contribution in [0.4, 0.5) is 0 Å². The van der Waals surface area contributed by atoms with Crippen LogP contribution in [-0.4, -0.2) is 36.8 Å². The summed E-state index contributed by atoms with van der Waals surface area (Å²) in [5, 5.41) is 7.57. The Morgan fingerprint density at radius 1 is 1.19 bits per heavy atom. The van der Waals surface area contributed by atoms with Crippen LogP contribution in [0, 0.1) is 0 Å². The van der Waals surface area contributed by atoms with Gasteiger partial charge >= 0.3 is 5.97 Å². The van der Waals surface area contributed by atoms with Gasteiger partial charge in [0.1, 0.15) is 5.75 Å². The number of ether oxygens (including phenoxy) is 1. The number of carbonyl (C=O) groups is 2. The third-order valence-electron chi connectivity index (χ3n) is 4.03. The van der Waals surface area contributed by atoms with Gasteiger partial charge in [0, 0.05) is 17.0 Å². The highest BCUT2D eigenvalue weighted by Gasteiger charge is 2.33. The molecule has 0 radical (unpaired) electrons. The summed E-state index contributed by atoms with van der Waals surface area (Å²) in [4.78, 5) is 23.5. The number of carboxylic acids is 1. The van der Waals surface area contributed by atoms with E-state index in [1.54, 1.807) is 0 Å². The van der Waals surface area contributed by atoms with Crippen molar-refractivity contribution in [3.05, 3.63) is 58.6 Å². The van der Waals surface area contributed by atoms with Crippen molar-refractivity contribution in [3.8, 4) is 5.75 Å². The van der Waals surface area contributed by atoms with E-state index in [-0.39, 0.29) is 16.9 Å². The predicted molar refractivity (Wildman–Crippen MR) is 93.1 cm³/mol. The fourth-order valence-corrected chi connectivity index (χ4v) is 3.97. The van der Waals surface area contributed by atoms with Crippen LogP contribution in [0.25, 0.3) is 0 Å². The quantitative estimate of drug-likeness (QED) is 0.738. The van der Waals surface area contributed by atoms with Crippen molar-refractivity contribution in [3.63, 3.8) is 0 Å². The van der Waals surface area contributed by atoms with Crippen LogP contribution in [0.3, 0.4) is 0 Å². The lowest BCUT2D eigenvalue weighted by Crippen LogP contribution is -2.38. The molecule has 0 fully saturated rings. The van der Waals surface area contributed by atoms with Gasteiger partial charge in [-0.15, -0.1) is 0 Å². The van der Waals surface area contributed by atoms with E-state index in [0.29, 0.717) is 16.3 Å². The molecule has 1 aliphatic rings. The zero-order valence-corrected chi connectivity index (χ0v) is 14.8. The van der Waals surface area contributed by atoms with Crippen molar-refractivity contribution in [2.24, 2.45) is 5.73 Å². The van der Waals surface area contributed by atoms with Crippen molar-refractivity contribution < 1.29 is 27.9 Å². The molecule has 136 valence electrons. The van der Waals surface area contributed by atoms with Crippen LogP contribution in [0.2, 0.25) is 5.02 Å². The van der Waals surface area contributed by atoms with Crippen LogP contribution < -0.4 is 10.5 Å². The van der Waals surface area contributed by atoms with Gasteiger partial charge in [-0.25, -0.2) is 13.2 Å². The molecule has 26 heavy (non-hydrogen) atoms. The van der Waals surface area contributed by atoms with Crippen LogP contribution in [-0.2, 0) is 21.1 Å². The molecule has 2 unspecified atom stereocenters. The Morgan fingerprint density at radius 2 is 1.85 bits per heavy atom. The lowest BCUT2D eigenvalue weighted by Gasteiger charge is -2.13. The van der Waals surface area contributed by atoms with Gasteiger partial charge < -0.3 is 15.6 Å². The Bertz CT molecular complexity index is 987. The highest BCUT2D eigenvalue weighted by atomic mass is 35.5. The molecule has 0 saturated carbocycles. The fraction of sp³-hybridized carbons (Fsp3) is 0.176. The summed E-state index contributed by atoms with van der Waals surface area (Å²) in [6.45, 7) is 0. The van der Waals surface area contributed by atoms with Gasteiger partial charge in [-0.05, 0) is 48.0 Å². The molecule has 0 amide bonds. The van der Waals surface area contributed by atoms with Crippen molar-refractivity contribution in [2.75, 3.05) is 0 Å². The van der Waals surface area contributed by atoms with E-state index in [1.807, 2.05) is 0 Å². The zero-order chi connectivity index (χ0) is 19.1. The van der Waals surface area contributed by atoms with Gasteiger partial charge in [-0.2, -0.15) is 0 Å². The minimum atomic E-state index is -4.10. The van der Waals surface area contributed by atoms with Crippen LogP contribution in [0.5, 0.6) is 5.75 Å². The molecule has 0 aromatic heterocycles. The summed E-state index contributed by atoms with van der Waals surface area (Å²) < 4.78 is 30.3. The number of nitrogens with two attached hydrogens (primary N) is 1. The Morgan fingerprint density at radius 3 is 2.46 bits per heavy atom. The number of Topliss-reactive ketones (excluding diaryl/α,β-unsaturated/α-hetero) is 1. The average molecular weight is 396 g/mol. The summed E-state index contributed by atoms with van der Waals surface area (Å²) in [5.41, 5.74) is 6.31. The molecule has 9 heteroatoms. The maximum Gasteiger partial charge on any atom is 0.345 e. The summed E-state index contributed by atoms with van der Waals surface area (Å²) in [6, 6.07) is 9.56. The first-order chi connectivity index (χ1) is 12.2. The van der Waals surface area contributed by atoms with Gasteiger partial charge in [0.05, 0.1) is 4.90 Å². The second-order valence-electron chi connectivity index (χ2n) is 5.76. The van der Waals surface area contributed by atoms with Gasteiger partial charge in [-0.3, -0.25) is 4.79 Å². The maximum atomic E-state index is 12.6. The number of ketones is 1. The van der Waals surface area contributed by atoms with E-state index < -0.39 is 33.1 Å². The zero-order valence-electron chi connectivity index (χ0n) is 13.3. The molecule has 0 bridgehead atoms. The highest BCUT2D eigenvalue weighted by Crippen LogP contribution is 2.30. The summed E-state index contributed by atoms with van der Waals surface area (Å²) >= 11 is 5.74. The molecule has 2 atom stereocenters. The number of benzene rings is 2. The normalized spacial score (nSPS) is 17.2. The molecular weight excluding hydrogens is 382 g/mol. The van der Waals surface area contributed by atoms with Crippen molar-refractivity contribution in [1.82, 2.24) is 0 Å². The van der Waals surface area contributed by atoms with Crippen LogP contribution in [0.1, 0.15) is 15.9 Å². The van der Waals surface area contributed by atoms with E-state index in [0.717, 1.165) is 0 Å². The second kappa shape index (κ2) is 6.71. The first kappa shape index (κ1) is 18.4. The van der Waals surface area contributed by atoms with E-state index >= 15 is 0 Å². The molecule has 3 rings (SSSR count). The predicted octanol–water partition coefficient (Wildman–Crippen LogP) is 1.67. The van der Waals surface area contributed by atoms with Crippen molar-refractivity contribution in [1.29, 1.82) is 0 Å². The summed E-state index contributed by atoms with van der Waals surface area (Å²) in [6.07, 6.45) is -0.938. The molecule has 3 N–H and O–H groups in total. The Balaban J connectivity index is 1.87. The lowest BCUT2D eigenvalue weighted by atomic mass is 10.0. The molecule has 1 heterocycles. The number of aliphatic carboxylic acids is 1. The molecular formula is C17H14ClNO6S. The topological polar surface area (TPSA) is 124 Å². The molecule has 2 aromatic carbocycles. The standard InChI is InChI=1S/C17H14ClNO6S/c18-11-2-4-12(5-3-11)26(23,24)16(19)15(20)9-1-6-13-10(7-9)8-14(25-13)17(21)22/h1-7,14,16H,8,19H2,(H,21,22). The van der Waals surface area contributed by atoms with Crippen LogP contribution in [0.15, 0.2) is 47.4 Å².